The Morgan fingerprint density at radius 3 is 2.41 bits per heavy atom. The average molecular weight is 238 g/mol. The highest BCUT2D eigenvalue weighted by molar-refractivity contribution is 5.50. The van der Waals surface area contributed by atoms with Gasteiger partial charge in [-0.3, -0.25) is 4.68 Å². The predicted octanol–water partition coefficient (Wildman–Crippen LogP) is 1.71. The van der Waals surface area contributed by atoms with E-state index in [-0.39, 0.29) is 6.04 Å². The van der Waals surface area contributed by atoms with Crippen LogP contribution < -0.4 is 10.6 Å². The molecule has 0 aromatic carbocycles. The van der Waals surface area contributed by atoms with Gasteiger partial charge < -0.3 is 10.6 Å². The fraction of sp³-hybridized carbons (Fsp3) is 0.769. The zero-order valence-corrected chi connectivity index (χ0v) is 12.0. The summed E-state index contributed by atoms with van der Waals surface area (Å²) < 4.78 is 1.97. The van der Waals surface area contributed by atoms with Crippen LogP contribution >= 0.6 is 0 Å². The Balaban J connectivity index is 3.03. The highest BCUT2D eigenvalue weighted by Gasteiger charge is 2.18. The van der Waals surface area contributed by atoms with Crippen LogP contribution in [0.2, 0.25) is 0 Å². The number of anilines is 1. The summed E-state index contributed by atoms with van der Waals surface area (Å²) in [5.41, 5.74) is 8.29. The van der Waals surface area contributed by atoms with Crippen LogP contribution in [0.3, 0.4) is 0 Å². The Morgan fingerprint density at radius 2 is 1.94 bits per heavy atom. The lowest BCUT2D eigenvalue weighted by Crippen LogP contribution is -2.27. The van der Waals surface area contributed by atoms with E-state index in [4.69, 9.17) is 5.73 Å². The van der Waals surface area contributed by atoms with Crippen molar-refractivity contribution < 1.29 is 0 Å². The minimum Gasteiger partial charge on any atom is -0.359 e. The Kier molecular flexibility index (Phi) is 4.57. The van der Waals surface area contributed by atoms with E-state index in [0.29, 0.717) is 5.92 Å². The third-order valence-corrected chi connectivity index (χ3v) is 2.84. The smallest absolute Gasteiger partial charge is 0.129 e. The highest BCUT2D eigenvalue weighted by Crippen LogP contribution is 2.24. The molecule has 0 bridgehead atoms. The first-order valence-electron chi connectivity index (χ1n) is 6.32. The molecule has 1 unspecified atom stereocenters. The lowest BCUT2D eigenvalue weighted by Gasteiger charge is -2.23. The van der Waals surface area contributed by atoms with Crippen LogP contribution in [0.1, 0.15) is 32.0 Å². The maximum atomic E-state index is 5.92. The summed E-state index contributed by atoms with van der Waals surface area (Å²) in [5.74, 6) is 1.84. The second-order valence-electron chi connectivity index (χ2n) is 5.47. The molecule has 1 aromatic rings. The van der Waals surface area contributed by atoms with Crippen molar-refractivity contribution in [2.24, 2.45) is 18.7 Å². The summed E-state index contributed by atoms with van der Waals surface area (Å²) in [6.45, 7) is 9.59. The molecule has 4 heteroatoms. The van der Waals surface area contributed by atoms with Gasteiger partial charge in [-0.05, 0) is 26.2 Å². The van der Waals surface area contributed by atoms with Crippen molar-refractivity contribution in [1.29, 1.82) is 0 Å². The summed E-state index contributed by atoms with van der Waals surface area (Å²) in [7, 11) is 4.13. The first-order valence-corrected chi connectivity index (χ1v) is 6.32. The Labute approximate surface area is 105 Å². The number of nitrogens with two attached hydrogens (primary N) is 1. The molecule has 1 rings (SSSR count). The molecule has 1 heterocycles. The average Bonchev–Trinajstić information content (AvgIpc) is 2.39. The molecule has 2 N–H and O–H groups in total. The summed E-state index contributed by atoms with van der Waals surface area (Å²) >= 11 is 0. The molecule has 4 nitrogen and oxygen atoms in total. The first-order chi connectivity index (χ1) is 7.82. The second-order valence-corrected chi connectivity index (χ2v) is 5.47. The fourth-order valence-electron chi connectivity index (χ4n) is 2.36. The summed E-state index contributed by atoms with van der Waals surface area (Å²) in [4.78, 5) is 2.28. The van der Waals surface area contributed by atoms with E-state index in [9.17, 15) is 0 Å². The highest BCUT2D eigenvalue weighted by atomic mass is 15.4. The third-order valence-electron chi connectivity index (χ3n) is 2.84. The van der Waals surface area contributed by atoms with E-state index in [0.717, 1.165) is 18.7 Å². The molecule has 0 aliphatic carbocycles. The third kappa shape index (κ3) is 3.46. The zero-order chi connectivity index (χ0) is 13.2. The largest absolute Gasteiger partial charge is 0.359 e. The van der Waals surface area contributed by atoms with Crippen molar-refractivity contribution >= 4 is 5.82 Å². The van der Waals surface area contributed by atoms with Crippen molar-refractivity contribution in [2.45, 2.75) is 40.2 Å². The zero-order valence-electron chi connectivity index (χ0n) is 12.0. The van der Waals surface area contributed by atoms with Crippen molar-refractivity contribution in [2.75, 3.05) is 18.5 Å². The van der Waals surface area contributed by atoms with Crippen molar-refractivity contribution in [3.63, 3.8) is 0 Å². The van der Waals surface area contributed by atoms with Gasteiger partial charge in [-0.15, -0.1) is 0 Å². The number of aryl methyl sites for hydroxylation is 2. The van der Waals surface area contributed by atoms with E-state index in [1.54, 1.807) is 0 Å². The molecule has 0 amide bonds. The van der Waals surface area contributed by atoms with Gasteiger partial charge in [0.25, 0.3) is 0 Å². The molecule has 98 valence electrons. The van der Waals surface area contributed by atoms with Crippen LogP contribution in [0.25, 0.3) is 0 Å². The molecule has 0 saturated carbocycles. The van der Waals surface area contributed by atoms with Crippen LogP contribution in [-0.2, 0) is 13.5 Å². The number of hydrogen-bond donors (Lipinski definition) is 1. The van der Waals surface area contributed by atoms with Gasteiger partial charge in [-0.2, -0.15) is 5.10 Å². The second kappa shape index (κ2) is 5.54. The molecule has 0 spiro atoms. The number of nitrogens with zero attached hydrogens (tertiary/aromatic N) is 3. The minimum atomic E-state index is 0.170. The Morgan fingerprint density at radius 1 is 1.35 bits per heavy atom. The van der Waals surface area contributed by atoms with E-state index in [1.165, 1.54) is 11.4 Å². The van der Waals surface area contributed by atoms with Crippen LogP contribution in [0.15, 0.2) is 0 Å². The van der Waals surface area contributed by atoms with E-state index >= 15 is 0 Å². The maximum absolute atomic E-state index is 5.92. The Bertz CT molecular complexity index is 366. The summed E-state index contributed by atoms with van der Waals surface area (Å²) in [6.07, 6.45) is 0.886. The summed E-state index contributed by atoms with van der Waals surface area (Å²) in [6, 6.07) is 0.170. The van der Waals surface area contributed by atoms with Gasteiger partial charge in [0, 0.05) is 32.2 Å². The molecular weight excluding hydrogens is 212 g/mol. The molecule has 0 fully saturated rings. The topological polar surface area (TPSA) is 47.1 Å². The van der Waals surface area contributed by atoms with Gasteiger partial charge in [0.15, 0.2) is 0 Å². The standard InChI is InChI=1S/C13H26N4/c1-9(2)8-16(5)13-12(7-10(3)14)11(4)15-17(13)6/h9-10H,7-8,14H2,1-6H3. The molecule has 0 aliphatic heterocycles. The van der Waals surface area contributed by atoms with Crippen LogP contribution in [0.5, 0.6) is 0 Å². The van der Waals surface area contributed by atoms with Crippen molar-refractivity contribution in [3.05, 3.63) is 11.3 Å². The van der Waals surface area contributed by atoms with Gasteiger partial charge in [-0.25, -0.2) is 0 Å². The normalized spacial score (nSPS) is 13.2. The maximum Gasteiger partial charge on any atom is 0.129 e. The van der Waals surface area contributed by atoms with Crippen LogP contribution in [-0.4, -0.2) is 29.4 Å². The van der Waals surface area contributed by atoms with Crippen molar-refractivity contribution in [1.82, 2.24) is 9.78 Å². The van der Waals surface area contributed by atoms with Gasteiger partial charge in [0.05, 0.1) is 5.69 Å². The number of rotatable bonds is 5. The Hall–Kier alpha value is -1.03. The van der Waals surface area contributed by atoms with Crippen LogP contribution in [0, 0.1) is 12.8 Å². The lowest BCUT2D eigenvalue weighted by molar-refractivity contribution is 0.617. The summed E-state index contributed by atoms with van der Waals surface area (Å²) in [5, 5.41) is 4.51. The van der Waals surface area contributed by atoms with Gasteiger partial charge in [-0.1, -0.05) is 13.8 Å². The lowest BCUT2D eigenvalue weighted by atomic mass is 10.1. The molecule has 0 saturated heterocycles. The molecule has 1 aromatic heterocycles. The quantitative estimate of drug-likeness (QED) is 0.849. The number of hydrogen-bond acceptors (Lipinski definition) is 3. The van der Waals surface area contributed by atoms with Crippen LogP contribution in [0.4, 0.5) is 5.82 Å². The van der Waals surface area contributed by atoms with Crippen molar-refractivity contribution in [3.8, 4) is 0 Å². The number of aromatic nitrogens is 2. The SMILES string of the molecule is Cc1nn(C)c(N(C)CC(C)C)c1CC(C)N. The van der Waals surface area contributed by atoms with E-state index < -0.39 is 0 Å². The van der Waals surface area contributed by atoms with E-state index in [2.05, 4.69) is 37.8 Å². The molecular formula is C13H26N4. The van der Waals surface area contributed by atoms with Gasteiger partial charge >= 0.3 is 0 Å². The van der Waals surface area contributed by atoms with Gasteiger partial charge in [0.2, 0.25) is 0 Å². The molecule has 0 aliphatic rings. The minimum absolute atomic E-state index is 0.170. The molecule has 1 atom stereocenters. The fourth-order valence-corrected chi connectivity index (χ4v) is 2.36. The predicted molar refractivity (Wildman–Crippen MR) is 73.4 cm³/mol. The van der Waals surface area contributed by atoms with Gasteiger partial charge in [0.1, 0.15) is 5.82 Å². The monoisotopic (exact) mass is 238 g/mol. The molecule has 17 heavy (non-hydrogen) atoms. The molecule has 0 radical (unpaired) electrons. The van der Waals surface area contributed by atoms with E-state index in [1.807, 2.05) is 18.7 Å². The first kappa shape index (κ1) is 14.0.